The summed E-state index contributed by atoms with van der Waals surface area (Å²) in [4.78, 5) is 24.8. The maximum atomic E-state index is 12.5. The second-order valence-electron chi connectivity index (χ2n) is 5.89. The smallest absolute Gasteiger partial charge is 0.323 e. The number of aliphatic carboxylic acids is 1. The van der Waals surface area contributed by atoms with E-state index in [2.05, 4.69) is 0 Å². The van der Waals surface area contributed by atoms with Gasteiger partial charge >= 0.3 is 5.97 Å². The van der Waals surface area contributed by atoms with Crippen molar-refractivity contribution in [1.29, 1.82) is 0 Å². The average molecular weight is 254 g/mol. The third kappa shape index (κ3) is 2.23. The summed E-state index contributed by atoms with van der Waals surface area (Å²) < 4.78 is 0. The van der Waals surface area contributed by atoms with Crippen molar-refractivity contribution < 1.29 is 14.7 Å². The van der Waals surface area contributed by atoms with Gasteiger partial charge in [-0.3, -0.25) is 9.59 Å². The molecule has 1 amide bonds. The van der Waals surface area contributed by atoms with Crippen molar-refractivity contribution in [1.82, 2.24) is 4.90 Å². The van der Waals surface area contributed by atoms with Crippen molar-refractivity contribution >= 4 is 11.9 Å². The van der Waals surface area contributed by atoms with Crippen LogP contribution in [0.15, 0.2) is 0 Å². The van der Waals surface area contributed by atoms with Crippen LogP contribution in [-0.2, 0) is 9.59 Å². The van der Waals surface area contributed by atoms with Crippen molar-refractivity contribution in [2.45, 2.75) is 45.2 Å². The van der Waals surface area contributed by atoms with Gasteiger partial charge in [-0.15, -0.1) is 0 Å². The number of fused-ring (bicyclic) bond motifs is 2. The lowest BCUT2D eigenvalue weighted by molar-refractivity contribution is -0.149. The molecule has 2 aliphatic rings. The number of carboxylic acids is 1. The number of rotatable bonds is 4. The quantitative estimate of drug-likeness (QED) is 0.772. The Bertz CT molecular complexity index is 354. The van der Waals surface area contributed by atoms with Crippen LogP contribution in [0.2, 0.25) is 0 Å². The summed E-state index contributed by atoms with van der Waals surface area (Å²) >= 11 is 0. The van der Waals surface area contributed by atoms with Crippen molar-refractivity contribution in [2.75, 3.05) is 6.54 Å². The van der Waals surface area contributed by atoms with Crippen LogP contribution >= 0.6 is 0 Å². The molecule has 0 aromatic heterocycles. The van der Waals surface area contributed by atoms with Gasteiger partial charge in [0.05, 0.1) is 5.92 Å². The van der Waals surface area contributed by atoms with Gasteiger partial charge < -0.3 is 15.7 Å². The number of carboxylic acid groups (broad SMARTS) is 1. The zero-order valence-corrected chi connectivity index (χ0v) is 11.0. The highest BCUT2D eigenvalue weighted by Gasteiger charge is 2.50. The molecule has 0 saturated heterocycles. The Labute approximate surface area is 107 Å². The normalized spacial score (nSPS) is 34.0. The number of carbonyl (C=O) groups is 2. The molecule has 2 aliphatic carbocycles. The zero-order valence-electron chi connectivity index (χ0n) is 11.0. The summed E-state index contributed by atoms with van der Waals surface area (Å²) in [6.45, 7) is 3.47. The molecule has 0 aromatic rings. The molecule has 5 heteroatoms. The lowest BCUT2D eigenvalue weighted by Crippen LogP contribution is -2.50. The fraction of sp³-hybridized carbons (Fsp3) is 0.846. The number of hydrogen-bond donors (Lipinski definition) is 2. The topological polar surface area (TPSA) is 83.6 Å². The summed E-state index contributed by atoms with van der Waals surface area (Å²) in [5.41, 5.74) is 6.14. The van der Waals surface area contributed by atoms with Crippen molar-refractivity contribution in [2.24, 2.45) is 23.5 Å². The van der Waals surface area contributed by atoms with Gasteiger partial charge in [0.2, 0.25) is 5.91 Å². The van der Waals surface area contributed by atoms with Gasteiger partial charge in [0.25, 0.3) is 0 Å². The Kier molecular flexibility index (Phi) is 3.61. The van der Waals surface area contributed by atoms with Crippen LogP contribution in [0.3, 0.4) is 0 Å². The van der Waals surface area contributed by atoms with Crippen LogP contribution in [0.25, 0.3) is 0 Å². The molecule has 4 atom stereocenters. The first kappa shape index (κ1) is 13.3. The molecule has 102 valence electrons. The molecule has 0 radical (unpaired) electrons. The van der Waals surface area contributed by atoms with Gasteiger partial charge in [0.15, 0.2) is 0 Å². The Morgan fingerprint density at radius 1 is 1.33 bits per heavy atom. The SMILES string of the molecule is CC(C)N(CC(=O)O)C(=O)C1C2CCC(C2)C1N. The molecule has 0 aliphatic heterocycles. The molecular weight excluding hydrogens is 232 g/mol. The van der Waals surface area contributed by atoms with E-state index in [0.717, 1.165) is 19.3 Å². The van der Waals surface area contributed by atoms with Gasteiger partial charge in [0.1, 0.15) is 6.54 Å². The summed E-state index contributed by atoms with van der Waals surface area (Å²) in [6.07, 6.45) is 3.22. The Morgan fingerprint density at radius 2 is 1.94 bits per heavy atom. The summed E-state index contributed by atoms with van der Waals surface area (Å²) in [6, 6.07) is -0.175. The first-order chi connectivity index (χ1) is 8.41. The molecule has 0 heterocycles. The zero-order chi connectivity index (χ0) is 13.4. The minimum absolute atomic E-state index is 0.0629. The van der Waals surface area contributed by atoms with E-state index in [1.807, 2.05) is 13.8 Å². The molecule has 2 fully saturated rings. The lowest BCUT2D eigenvalue weighted by Gasteiger charge is -2.34. The summed E-state index contributed by atoms with van der Waals surface area (Å²) in [7, 11) is 0. The van der Waals surface area contributed by atoms with Crippen LogP contribution in [0.4, 0.5) is 0 Å². The Morgan fingerprint density at radius 3 is 2.39 bits per heavy atom. The van der Waals surface area contributed by atoms with Crippen LogP contribution in [0.5, 0.6) is 0 Å². The number of carbonyl (C=O) groups excluding carboxylic acids is 1. The van der Waals surface area contributed by atoms with Crippen LogP contribution in [-0.4, -0.2) is 40.5 Å². The average Bonchev–Trinajstić information content (AvgIpc) is 2.84. The largest absolute Gasteiger partial charge is 0.480 e. The number of nitrogens with two attached hydrogens (primary N) is 1. The molecule has 3 N–H and O–H groups in total. The molecule has 18 heavy (non-hydrogen) atoms. The fourth-order valence-corrected chi connectivity index (χ4v) is 3.55. The standard InChI is InChI=1S/C13H22N2O3/c1-7(2)15(6-10(16)17)13(18)11-8-3-4-9(5-8)12(11)14/h7-9,11-12H,3-6,14H2,1-2H3,(H,16,17). The van der Waals surface area contributed by atoms with E-state index in [1.165, 1.54) is 4.90 Å². The second kappa shape index (κ2) is 4.88. The number of hydrogen-bond acceptors (Lipinski definition) is 3. The first-order valence-corrected chi connectivity index (χ1v) is 6.69. The molecule has 0 aromatic carbocycles. The minimum atomic E-state index is -0.964. The van der Waals surface area contributed by atoms with Crippen molar-refractivity contribution in [3.05, 3.63) is 0 Å². The molecule has 2 bridgehead atoms. The third-order valence-electron chi connectivity index (χ3n) is 4.48. The predicted octanol–water partition coefficient (Wildman–Crippen LogP) is 0.681. The summed E-state index contributed by atoms with van der Waals surface area (Å²) in [5.74, 6) is -0.360. The highest BCUT2D eigenvalue weighted by molar-refractivity contribution is 5.84. The highest BCUT2D eigenvalue weighted by atomic mass is 16.4. The van der Waals surface area contributed by atoms with E-state index < -0.39 is 5.97 Å². The first-order valence-electron chi connectivity index (χ1n) is 6.69. The maximum Gasteiger partial charge on any atom is 0.323 e. The monoisotopic (exact) mass is 254 g/mol. The van der Waals surface area contributed by atoms with Crippen molar-refractivity contribution in [3.63, 3.8) is 0 Å². The van der Waals surface area contributed by atoms with Gasteiger partial charge in [-0.2, -0.15) is 0 Å². The summed E-state index contributed by atoms with van der Waals surface area (Å²) in [5, 5.41) is 8.90. The predicted molar refractivity (Wildman–Crippen MR) is 66.8 cm³/mol. The lowest BCUT2D eigenvalue weighted by atomic mass is 9.83. The van der Waals surface area contributed by atoms with E-state index in [4.69, 9.17) is 10.8 Å². The van der Waals surface area contributed by atoms with E-state index in [1.54, 1.807) is 0 Å². The maximum absolute atomic E-state index is 12.5. The van der Waals surface area contributed by atoms with Gasteiger partial charge in [-0.25, -0.2) is 0 Å². The Hall–Kier alpha value is -1.10. The van der Waals surface area contributed by atoms with E-state index >= 15 is 0 Å². The Balaban J connectivity index is 2.11. The van der Waals surface area contributed by atoms with Gasteiger partial charge in [0, 0.05) is 12.1 Å². The molecule has 0 spiro atoms. The van der Waals surface area contributed by atoms with E-state index in [0.29, 0.717) is 11.8 Å². The number of nitrogens with zero attached hydrogens (tertiary/aromatic N) is 1. The molecule has 4 unspecified atom stereocenters. The van der Waals surface area contributed by atoms with Gasteiger partial charge in [-0.1, -0.05) is 0 Å². The molecule has 2 saturated carbocycles. The minimum Gasteiger partial charge on any atom is -0.480 e. The van der Waals surface area contributed by atoms with E-state index in [-0.39, 0.29) is 30.5 Å². The second-order valence-corrected chi connectivity index (χ2v) is 5.89. The van der Waals surface area contributed by atoms with E-state index in [9.17, 15) is 9.59 Å². The fourth-order valence-electron chi connectivity index (χ4n) is 3.55. The van der Waals surface area contributed by atoms with Crippen LogP contribution < -0.4 is 5.73 Å². The van der Waals surface area contributed by atoms with Crippen LogP contribution in [0.1, 0.15) is 33.1 Å². The van der Waals surface area contributed by atoms with Crippen LogP contribution in [0, 0.1) is 17.8 Å². The molecule has 5 nitrogen and oxygen atoms in total. The molecule has 2 rings (SSSR count). The van der Waals surface area contributed by atoms with Gasteiger partial charge in [-0.05, 0) is 44.9 Å². The highest BCUT2D eigenvalue weighted by Crippen LogP contribution is 2.48. The third-order valence-corrected chi connectivity index (χ3v) is 4.48. The number of amides is 1. The van der Waals surface area contributed by atoms with Crippen molar-refractivity contribution in [3.8, 4) is 0 Å². The molecular formula is C13H22N2O3.